The summed E-state index contributed by atoms with van der Waals surface area (Å²) in [6.07, 6.45) is 0.732. The van der Waals surface area contributed by atoms with Gasteiger partial charge in [0.15, 0.2) is 0 Å². The highest BCUT2D eigenvalue weighted by molar-refractivity contribution is 5.18. The second-order valence-electron chi connectivity index (χ2n) is 4.01. The topological polar surface area (TPSA) is 43.7 Å². The van der Waals surface area contributed by atoms with Crippen molar-refractivity contribution in [3.8, 4) is 0 Å². The third kappa shape index (κ3) is 1.64. The normalized spacial score (nSPS) is 39.3. The average Bonchev–Trinajstić information content (AvgIpc) is 2.29. The number of hydrogen-bond acceptors (Lipinski definition) is 3. The molecule has 1 rings (SSSR count). The van der Waals surface area contributed by atoms with Crippen molar-refractivity contribution in [3.63, 3.8) is 0 Å². The molecule has 0 aromatic rings. The highest BCUT2D eigenvalue weighted by Crippen LogP contribution is 2.35. The summed E-state index contributed by atoms with van der Waals surface area (Å²) in [5.41, 5.74) is 0.935. The molecule has 0 radical (unpaired) electrons. The Labute approximate surface area is 79.7 Å². The summed E-state index contributed by atoms with van der Waals surface area (Å²) >= 11 is 0. The van der Waals surface area contributed by atoms with Gasteiger partial charge in [-0.3, -0.25) is 4.90 Å². The van der Waals surface area contributed by atoms with Gasteiger partial charge < -0.3 is 10.2 Å². The molecule has 0 amide bonds. The zero-order chi connectivity index (χ0) is 10.2. The summed E-state index contributed by atoms with van der Waals surface area (Å²) in [4.78, 5) is 1.60. The van der Waals surface area contributed by atoms with E-state index in [-0.39, 0.29) is 5.92 Å². The van der Waals surface area contributed by atoms with Gasteiger partial charge in [0.1, 0.15) is 12.5 Å². The standard InChI is InChI=1S/C10H19NO2/c1-5-7-8(6(2)3)10(13)11(4)9(7)12/h5-6,8-10,12-13H,1-4H3/b7-5+. The van der Waals surface area contributed by atoms with Crippen molar-refractivity contribution in [3.05, 3.63) is 11.6 Å². The SMILES string of the molecule is C/C=C1\C(C(C)C)C(O)N(C)C1O. The van der Waals surface area contributed by atoms with Crippen molar-refractivity contribution in [1.82, 2.24) is 4.90 Å². The van der Waals surface area contributed by atoms with Crippen LogP contribution in [-0.4, -0.2) is 34.6 Å². The van der Waals surface area contributed by atoms with Crippen LogP contribution in [0, 0.1) is 11.8 Å². The van der Waals surface area contributed by atoms with Crippen LogP contribution in [0.25, 0.3) is 0 Å². The lowest BCUT2D eigenvalue weighted by molar-refractivity contribution is -0.0463. The molecule has 3 nitrogen and oxygen atoms in total. The quantitative estimate of drug-likeness (QED) is 0.593. The van der Waals surface area contributed by atoms with Crippen molar-refractivity contribution >= 4 is 0 Å². The van der Waals surface area contributed by atoms with Gasteiger partial charge in [0.05, 0.1) is 0 Å². The Morgan fingerprint density at radius 3 is 2.23 bits per heavy atom. The number of hydrogen-bond donors (Lipinski definition) is 2. The zero-order valence-corrected chi connectivity index (χ0v) is 8.73. The molecule has 1 aliphatic rings. The van der Waals surface area contributed by atoms with Crippen LogP contribution in [0.5, 0.6) is 0 Å². The van der Waals surface area contributed by atoms with E-state index in [4.69, 9.17) is 0 Å². The van der Waals surface area contributed by atoms with Gasteiger partial charge in [-0.05, 0) is 25.5 Å². The fourth-order valence-electron chi connectivity index (χ4n) is 2.05. The number of aliphatic hydroxyl groups is 2. The van der Waals surface area contributed by atoms with Crippen LogP contribution in [0.3, 0.4) is 0 Å². The molecule has 0 aromatic carbocycles. The molecule has 1 aliphatic heterocycles. The highest BCUT2D eigenvalue weighted by Gasteiger charge is 2.42. The van der Waals surface area contributed by atoms with E-state index in [2.05, 4.69) is 13.8 Å². The second kappa shape index (κ2) is 3.78. The summed E-state index contributed by atoms with van der Waals surface area (Å²) < 4.78 is 0. The molecule has 0 spiro atoms. The average molecular weight is 185 g/mol. The van der Waals surface area contributed by atoms with E-state index in [1.165, 1.54) is 0 Å². The van der Waals surface area contributed by atoms with Crippen molar-refractivity contribution in [2.24, 2.45) is 11.8 Å². The summed E-state index contributed by atoms with van der Waals surface area (Å²) in [6, 6.07) is 0. The second-order valence-corrected chi connectivity index (χ2v) is 4.01. The first-order valence-electron chi connectivity index (χ1n) is 4.74. The van der Waals surface area contributed by atoms with Crippen LogP contribution in [0.2, 0.25) is 0 Å². The maximum Gasteiger partial charge on any atom is 0.131 e. The Hall–Kier alpha value is -0.380. The molecule has 76 valence electrons. The molecule has 1 fully saturated rings. The van der Waals surface area contributed by atoms with E-state index < -0.39 is 12.5 Å². The van der Waals surface area contributed by atoms with Gasteiger partial charge in [0.25, 0.3) is 0 Å². The third-order valence-electron chi connectivity index (χ3n) is 2.86. The number of rotatable bonds is 1. The summed E-state index contributed by atoms with van der Waals surface area (Å²) in [7, 11) is 1.74. The smallest absolute Gasteiger partial charge is 0.131 e. The zero-order valence-electron chi connectivity index (χ0n) is 8.73. The lowest BCUT2D eigenvalue weighted by Crippen LogP contribution is -2.34. The summed E-state index contributed by atoms with van der Waals surface area (Å²) in [5, 5.41) is 19.6. The largest absolute Gasteiger partial charge is 0.378 e. The Bertz CT molecular complexity index is 213. The first-order chi connectivity index (χ1) is 6.00. The number of likely N-dealkylation sites (N-methyl/N-ethyl adjacent to an activating group) is 1. The van der Waals surface area contributed by atoms with Gasteiger partial charge in [0.2, 0.25) is 0 Å². The Morgan fingerprint density at radius 2 is 1.92 bits per heavy atom. The fraction of sp³-hybridized carbons (Fsp3) is 0.800. The predicted octanol–water partition coefficient (Wildman–Crippen LogP) is 0.787. The van der Waals surface area contributed by atoms with Crippen molar-refractivity contribution in [2.45, 2.75) is 33.2 Å². The maximum atomic E-state index is 9.82. The van der Waals surface area contributed by atoms with Crippen molar-refractivity contribution < 1.29 is 10.2 Å². The molecule has 0 aromatic heterocycles. The molecule has 1 saturated heterocycles. The van der Waals surface area contributed by atoms with Gasteiger partial charge >= 0.3 is 0 Å². The lowest BCUT2D eigenvalue weighted by Gasteiger charge is -2.21. The number of nitrogens with zero attached hydrogens (tertiary/aromatic N) is 1. The molecule has 0 aliphatic carbocycles. The van der Waals surface area contributed by atoms with E-state index in [9.17, 15) is 10.2 Å². The van der Waals surface area contributed by atoms with Gasteiger partial charge in [-0.2, -0.15) is 0 Å². The van der Waals surface area contributed by atoms with Gasteiger partial charge in [-0.1, -0.05) is 19.9 Å². The van der Waals surface area contributed by atoms with Crippen LogP contribution in [0.4, 0.5) is 0 Å². The molecular weight excluding hydrogens is 166 g/mol. The number of allylic oxidation sites excluding steroid dienone is 1. The van der Waals surface area contributed by atoms with E-state index in [0.717, 1.165) is 5.57 Å². The number of likely N-dealkylation sites (tertiary alicyclic amines) is 1. The molecule has 2 N–H and O–H groups in total. The highest BCUT2D eigenvalue weighted by atomic mass is 16.3. The van der Waals surface area contributed by atoms with Gasteiger partial charge in [-0.25, -0.2) is 0 Å². The van der Waals surface area contributed by atoms with E-state index in [1.807, 2.05) is 13.0 Å². The van der Waals surface area contributed by atoms with Gasteiger partial charge in [-0.15, -0.1) is 0 Å². The Morgan fingerprint density at radius 1 is 1.38 bits per heavy atom. The van der Waals surface area contributed by atoms with Crippen LogP contribution in [0.15, 0.2) is 11.6 Å². The number of aliphatic hydroxyl groups excluding tert-OH is 2. The predicted molar refractivity (Wildman–Crippen MR) is 51.9 cm³/mol. The van der Waals surface area contributed by atoms with Crippen molar-refractivity contribution in [1.29, 1.82) is 0 Å². The van der Waals surface area contributed by atoms with Crippen LogP contribution in [-0.2, 0) is 0 Å². The first-order valence-corrected chi connectivity index (χ1v) is 4.74. The molecule has 0 bridgehead atoms. The fourth-order valence-corrected chi connectivity index (χ4v) is 2.05. The lowest BCUT2D eigenvalue weighted by atomic mass is 9.89. The molecule has 0 saturated carbocycles. The van der Waals surface area contributed by atoms with Crippen molar-refractivity contribution in [2.75, 3.05) is 7.05 Å². The Balaban J connectivity index is 2.94. The molecule has 3 unspecified atom stereocenters. The third-order valence-corrected chi connectivity index (χ3v) is 2.86. The monoisotopic (exact) mass is 185 g/mol. The van der Waals surface area contributed by atoms with Crippen LogP contribution in [0.1, 0.15) is 20.8 Å². The minimum absolute atomic E-state index is 0.0602. The Kier molecular flexibility index (Phi) is 3.11. The molecule has 3 atom stereocenters. The molecule has 13 heavy (non-hydrogen) atoms. The van der Waals surface area contributed by atoms with Gasteiger partial charge in [0, 0.05) is 5.92 Å². The minimum Gasteiger partial charge on any atom is -0.378 e. The summed E-state index contributed by atoms with van der Waals surface area (Å²) in [6.45, 7) is 6.02. The summed E-state index contributed by atoms with van der Waals surface area (Å²) in [5.74, 6) is 0.408. The minimum atomic E-state index is -0.618. The van der Waals surface area contributed by atoms with E-state index >= 15 is 0 Å². The van der Waals surface area contributed by atoms with Crippen LogP contribution >= 0.6 is 0 Å². The molecular formula is C10H19NO2. The maximum absolute atomic E-state index is 9.82. The van der Waals surface area contributed by atoms with E-state index in [1.54, 1.807) is 11.9 Å². The first kappa shape index (κ1) is 10.7. The molecule has 3 heteroatoms. The molecule has 1 heterocycles. The van der Waals surface area contributed by atoms with E-state index in [0.29, 0.717) is 5.92 Å². The van der Waals surface area contributed by atoms with Crippen LogP contribution < -0.4 is 0 Å².